The maximum Gasteiger partial charge on any atom is 0.338 e. The highest BCUT2D eigenvalue weighted by atomic mass is 35.5. The molecule has 0 unspecified atom stereocenters. The second-order valence-corrected chi connectivity index (χ2v) is 2.85. The van der Waals surface area contributed by atoms with Crippen LogP contribution in [0.3, 0.4) is 0 Å². The Bertz CT molecular complexity index is 398. The van der Waals surface area contributed by atoms with Crippen LogP contribution in [-0.2, 0) is 5.88 Å². The van der Waals surface area contributed by atoms with Gasteiger partial charge in [-0.25, -0.2) is 18.0 Å². The normalized spacial score (nSPS) is 10.7. The highest BCUT2D eigenvalue weighted by molar-refractivity contribution is 6.17. The second kappa shape index (κ2) is 4.48. The van der Waals surface area contributed by atoms with E-state index in [0.717, 1.165) is 0 Å². The Hall–Kier alpha value is -1.30. The lowest BCUT2D eigenvalue weighted by Crippen LogP contribution is -2.11. The molecule has 82 valence electrons. The van der Waals surface area contributed by atoms with Gasteiger partial charge < -0.3 is 5.11 Å². The SMILES string of the molecule is O=C(O)c1c(CCl)ncc(F)c1C(F)F. The van der Waals surface area contributed by atoms with E-state index in [1.54, 1.807) is 0 Å². The molecular weight excluding hydrogens is 235 g/mol. The quantitative estimate of drug-likeness (QED) is 0.825. The fourth-order valence-corrected chi connectivity index (χ4v) is 1.30. The third-order valence-corrected chi connectivity index (χ3v) is 1.96. The van der Waals surface area contributed by atoms with Crippen molar-refractivity contribution in [1.82, 2.24) is 4.98 Å². The van der Waals surface area contributed by atoms with Gasteiger partial charge in [-0.2, -0.15) is 0 Å². The van der Waals surface area contributed by atoms with E-state index in [2.05, 4.69) is 4.98 Å². The maximum atomic E-state index is 12.9. The van der Waals surface area contributed by atoms with Crippen molar-refractivity contribution in [2.24, 2.45) is 0 Å². The van der Waals surface area contributed by atoms with Gasteiger partial charge in [-0.3, -0.25) is 4.98 Å². The summed E-state index contributed by atoms with van der Waals surface area (Å²) >= 11 is 5.31. The van der Waals surface area contributed by atoms with Gasteiger partial charge in [0.2, 0.25) is 0 Å². The number of alkyl halides is 3. The highest BCUT2D eigenvalue weighted by Gasteiger charge is 2.26. The van der Waals surface area contributed by atoms with Crippen LogP contribution in [0.25, 0.3) is 0 Å². The molecule has 0 radical (unpaired) electrons. The van der Waals surface area contributed by atoms with Gasteiger partial charge in [-0.05, 0) is 0 Å². The Labute approximate surface area is 87.5 Å². The minimum atomic E-state index is -3.22. The standard InChI is InChI=1S/C8H5ClF3NO2/c9-1-4-6(8(14)15)5(7(11)12)3(10)2-13-4/h2,7H,1H2,(H,14,15). The number of halogens is 4. The first-order valence-electron chi connectivity index (χ1n) is 3.73. The van der Waals surface area contributed by atoms with Crippen molar-refractivity contribution in [2.45, 2.75) is 12.3 Å². The van der Waals surface area contributed by atoms with Gasteiger partial charge in [-0.15, -0.1) is 11.6 Å². The number of carboxylic acids is 1. The molecule has 0 atom stereocenters. The van der Waals surface area contributed by atoms with Crippen molar-refractivity contribution in [2.75, 3.05) is 0 Å². The number of aromatic nitrogens is 1. The van der Waals surface area contributed by atoms with Crippen LogP contribution >= 0.6 is 11.6 Å². The zero-order chi connectivity index (χ0) is 11.6. The van der Waals surface area contributed by atoms with Gasteiger partial charge >= 0.3 is 5.97 Å². The molecule has 0 aliphatic carbocycles. The molecule has 1 aromatic heterocycles. The van der Waals surface area contributed by atoms with E-state index >= 15 is 0 Å². The van der Waals surface area contributed by atoms with E-state index in [9.17, 15) is 18.0 Å². The lowest BCUT2D eigenvalue weighted by atomic mass is 10.1. The molecule has 0 saturated carbocycles. The number of carboxylic acid groups (broad SMARTS) is 1. The van der Waals surface area contributed by atoms with Gasteiger partial charge in [-0.1, -0.05) is 0 Å². The lowest BCUT2D eigenvalue weighted by Gasteiger charge is -2.08. The molecule has 0 amide bonds. The summed E-state index contributed by atoms with van der Waals surface area (Å²) in [6, 6.07) is 0. The maximum absolute atomic E-state index is 12.9. The van der Waals surface area contributed by atoms with Crippen molar-refractivity contribution < 1.29 is 23.1 Å². The van der Waals surface area contributed by atoms with Gasteiger partial charge in [0.15, 0.2) is 5.82 Å². The molecule has 0 aromatic carbocycles. The monoisotopic (exact) mass is 239 g/mol. The van der Waals surface area contributed by atoms with Crippen molar-refractivity contribution >= 4 is 17.6 Å². The van der Waals surface area contributed by atoms with E-state index in [4.69, 9.17) is 16.7 Å². The lowest BCUT2D eigenvalue weighted by molar-refractivity contribution is 0.0680. The molecule has 1 heterocycles. The number of hydrogen-bond acceptors (Lipinski definition) is 2. The summed E-state index contributed by atoms with van der Waals surface area (Å²) in [5.74, 6) is -3.40. The topological polar surface area (TPSA) is 50.2 Å². The number of rotatable bonds is 3. The van der Waals surface area contributed by atoms with Crippen LogP contribution in [-0.4, -0.2) is 16.1 Å². The van der Waals surface area contributed by atoms with Crippen LogP contribution < -0.4 is 0 Å². The minimum Gasteiger partial charge on any atom is -0.478 e. The average molecular weight is 240 g/mol. The third-order valence-electron chi connectivity index (χ3n) is 1.71. The van der Waals surface area contributed by atoms with Crippen molar-refractivity contribution in [3.63, 3.8) is 0 Å². The number of hydrogen-bond donors (Lipinski definition) is 1. The number of aromatic carboxylic acids is 1. The molecule has 1 rings (SSSR count). The molecule has 0 saturated heterocycles. The smallest absolute Gasteiger partial charge is 0.338 e. The van der Waals surface area contributed by atoms with Crippen LogP contribution in [0.4, 0.5) is 13.2 Å². The molecule has 3 nitrogen and oxygen atoms in total. The minimum absolute atomic E-state index is 0.277. The Balaban J connectivity index is 3.51. The molecular formula is C8H5ClF3NO2. The summed E-state index contributed by atoms with van der Waals surface area (Å²) in [5, 5.41) is 8.65. The molecule has 15 heavy (non-hydrogen) atoms. The number of nitrogens with zero attached hydrogens (tertiary/aromatic N) is 1. The second-order valence-electron chi connectivity index (χ2n) is 2.58. The number of carbonyl (C=O) groups is 1. The summed E-state index contributed by atoms with van der Waals surface area (Å²) in [5.41, 5.74) is -2.31. The van der Waals surface area contributed by atoms with Crippen molar-refractivity contribution in [3.8, 4) is 0 Å². The summed E-state index contributed by atoms with van der Waals surface area (Å²) < 4.78 is 37.7. The fraction of sp³-hybridized carbons (Fsp3) is 0.250. The van der Waals surface area contributed by atoms with Gasteiger partial charge in [0.25, 0.3) is 6.43 Å². The molecule has 0 bridgehead atoms. The molecule has 1 N–H and O–H groups in total. The van der Waals surface area contributed by atoms with Gasteiger partial charge in [0.05, 0.1) is 28.9 Å². The van der Waals surface area contributed by atoms with Gasteiger partial charge in [0.1, 0.15) is 0 Å². The molecule has 1 aromatic rings. The first kappa shape index (κ1) is 11.8. The van der Waals surface area contributed by atoms with Crippen LogP contribution in [0.5, 0.6) is 0 Å². The van der Waals surface area contributed by atoms with Crippen molar-refractivity contribution in [3.05, 3.63) is 28.8 Å². The number of pyridine rings is 1. The fourth-order valence-electron chi connectivity index (χ4n) is 1.10. The Morgan fingerprint density at radius 3 is 2.60 bits per heavy atom. The molecule has 7 heteroatoms. The van der Waals surface area contributed by atoms with E-state index in [1.807, 2.05) is 0 Å². The Kier molecular flexibility index (Phi) is 3.52. The van der Waals surface area contributed by atoms with E-state index < -0.39 is 29.3 Å². The predicted molar refractivity (Wildman–Crippen MR) is 45.7 cm³/mol. The van der Waals surface area contributed by atoms with E-state index in [-0.39, 0.29) is 11.6 Å². The average Bonchev–Trinajstić information content (AvgIpc) is 2.16. The zero-order valence-corrected chi connectivity index (χ0v) is 7.93. The van der Waals surface area contributed by atoms with Gasteiger partial charge in [0, 0.05) is 0 Å². The summed E-state index contributed by atoms with van der Waals surface area (Å²) in [6.07, 6.45) is -2.69. The van der Waals surface area contributed by atoms with E-state index in [0.29, 0.717) is 6.20 Å². The third kappa shape index (κ3) is 2.20. The highest BCUT2D eigenvalue weighted by Crippen LogP contribution is 2.27. The Morgan fingerprint density at radius 1 is 1.60 bits per heavy atom. The zero-order valence-electron chi connectivity index (χ0n) is 7.18. The first-order chi connectivity index (χ1) is 6.99. The van der Waals surface area contributed by atoms with Crippen LogP contribution in [0.2, 0.25) is 0 Å². The van der Waals surface area contributed by atoms with Crippen LogP contribution in [0.1, 0.15) is 28.0 Å². The predicted octanol–water partition coefficient (Wildman–Crippen LogP) is 2.60. The molecule has 0 spiro atoms. The van der Waals surface area contributed by atoms with Crippen molar-refractivity contribution in [1.29, 1.82) is 0 Å². The molecule has 0 aliphatic rings. The van der Waals surface area contributed by atoms with Crippen LogP contribution in [0.15, 0.2) is 6.20 Å². The molecule has 0 fully saturated rings. The Morgan fingerprint density at radius 2 is 2.20 bits per heavy atom. The summed E-state index contributed by atoms with van der Waals surface area (Å²) in [7, 11) is 0. The van der Waals surface area contributed by atoms with Crippen LogP contribution in [0, 0.1) is 5.82 Å². The largest absolute Gasteiger partial charge is 0.478 e. The van der Waals surface area contributed by atoms with E-state index in [1.165, 1.54) is 0 Å². The summed E-state index contributed by atoms with van der Waals surface area (Å²) in [4.78, 5) is 14.0. The first-order valence-corrected chi connectivity index (χ1v) is 4.27. The molecule has 0 aliphatic heterocycles. The summed E-state index contributed by atoms with van der Waals surface area (Å²) in [6.45, 7) is 0.